The van der Waals surface area contributed by atoms with Gasteiger partial charge in [-0.15, -0.1) is 9.24 Å². The monoisotopic (exact) mass is 511 g/mol. The second-order valence-corrected chi connectivity index (χ2v) is 8.85. The number of nitrogens with zero attached hydrogens (tertiary/aromatic N) is 5. The molecule has 1 atom stereocenters. The van der Waals surface area contributed by atoms with Crippen molar-refractivity contribution in [3.05, 3.63) is 69.6 Å². The molecular formula is C22H19BrN5O3P. The standard InChI is InChI=1S/C22H19BrN5O3P/c23-14-5-7-15(8-6-14)27-19(16-3-1-2-4-18(16)32)25-20-17(21(27)29)13-24-28(20)22(30)26-9-11-31-12-10-26/h1-8,13H,9-12,32H2. The van der Waals surface area contributed by atoms with E-state index in [0.29, 0.717) is 37.8 Å². The van der Waals surface area contributed by atoms with Crippen LogP contribution < -0.4 is 10.9 Å². The second kappa shape index (κ2) is 8.58. The number of ether oxygens (including phenoxy) is 1. The Labute approximate surface area is 194 Å². The third-order valence-electron chi connectivity index (χ3n) is 5.35. The lowest BCUT2D eigenvalue weighted by Gasteiger charge is -2.26. The Morgan fingerprint density at radius 2 is 1.78 bits per heavy atom. The molecule has 4 aromatic rings. The quantitative estimate of drug-likeness (QED) is 0.386. The average molecular weight is 512 g/mol. The van der Waals surface area contributed by atoms with E-state index < -0.39 is 0 Å². The van der Waals surface area contributed by atoms with Gasteiger partial charge in [0.15, 0.2) is 11.5 Å². The minimum atomic E-state index is -0.318. The lowest BCUT2D eigenvalue weighted by Crippen LogP contribution is -2.43. The zero-order chi connectivity index (χ0) is 22.2. The van der Waals surface area contributed by atoms with Crippen LogP contribution in [0.5, 0.6) is 0 Å². The molecular weight excluding hydrogens is 493 g/mol. The number of hydrogen-bond donors (Lipinski definition) is 0. The Balaban J connectivity index is 1.76. The molecule has 0 spiro atoms. The molecule has 0 bridgehead atoms. The third-order valence-corrected chi connectivity index (χ3v) is 6.38. The first kappa shape index (κ1) is 21.0. The smallest absolute Gasteiger partial charge is 0.346 e. The highest BCUT2D eigenvalue weighted by molar-refractivity contribution is 9.10. The molecule has 10 heteroatoms. The van der Waals surface area contributed by atoms with Gasteiger partial charge in [0.2, 0.25) is 0 Å². The van der Waals surface area contributed by atoms with E-state index in [9.17, 15) is 9.59 Å². The maximum absolute atomic E-state index is 13.6. The summed E-state index contributed by atoms with van der Waals surface area (Å²) in [6, 6.07) is 14.7. The molecule has 1 unspecified atom stereocenters. The molecule has 5 rings (SSSR count). The summed E-state index contributed by atoms with van der Waals surface area (Å²) in [5.41, 5.74) is 1.39. The van der Waals surface area contributed by atoms with Crippen LogP contribution >= 0.6 is 25.2 Å². The molecule has 2 aromatic carbocycles. The first-order chi connectivity index (χ1) is 15.5. The number of rotatable bonds is 2. The summed E-state index contributed by atoms with van der Waals surface area (Å²) in [4.78, 5) is 33.2. The Morgan fingerprint density at radius 3 is 2.50 bits per heavy atom. The van der Waals surface area contributed by atoms with Crippen molar-refractivity contribution in [2.75, 3.05) is 26.3 Å². The summed E-state index contributed by atoms with van der Waals surface area (Å²) in [6.07, 6.45) is 1.41. The largest absolute Gasteiger partial charge is 0.378 e. The highest BCUT2D eigenvalue weighted by atomic mass is 79.9. The van der Waals surface area contributed by atoms with Crippen LogP contribution in [-0.4, -0.2) is 56.6 Å². The number of benzene rings is 2. The van der Waals surface area contributed by atoms with Gasteiger partial charge in [0, 0.05) is 23.1 Å². The van der Waals surface area contributed by atoms with Gasteiger partial charge in [-0.05, 0) is 29.6 Å². The number of carbonyl (C=O) groups excluding carboxylic acids is 1. The van der Waals surface area contributed by atoms with E-state index in [2.05, 4.69) is 30.3 Å². The van der Waals surface area contributed by atoms with Crippen molar-refractivity contribution in [2.45, 2.75) is 0 Å². The highest BCUT2D eigenvalue weighted by Crippen LogP contribution is 2.23. The first-order valence-corrected chi connectivity index (χ1v) is 11.4. The summed E-state index contributed by atoms with van der Waals surface area (Å²) in [7, 11) is 2.68. The predicted octanol–water partition coefficient (Wildman–Crippen LogP) is 2.81. The average Bonchev–Trinajstić information content (AvgIpc) is 3.25. The van der Waals surface area contributed by atoms with Crippen molar-refractivity contribution >= 4 is 47.5 Å². The maximum atomic E-state index is 13.6. The van der Waals surface area contributed by atoms with E-state index in [1.54, 1.807) is 9.47 Å². The van der Waals surface area contributed by atoms with Crippen LogP contribution in [0.2, 0.25) is 0 Å². The van der Waals surface area contributed by atoms with E-state index in [1.807, 2.05) is 48.5 Å². The summed E-state index contributed by atoms with van der Waals surface area (Å²) < 4.78 is 9.01. The fourth-order valence-electron chi connectivity index (χ4n) is 3.71. The summed E-state index contributed by atoms with van der Waals surface area (Å²) in [5, 5.41) is 5.40. The number of halogens is 1. The lowest BCUT2D eigenvalue weighted by atomic mass is 10.2. The molecule has 162 valence electrons. The number of fused-ring (bicyclic) bond motifs is 1. The Hall–Kier alpha value is -2.87. The van der Waals surface area contributed by atoms with Crippen molar-refractivity contribution in [1.29, 1.82) is 0 Å². The number of amides is 1. The van der Waals surface area contributed by atoms with Crippen LogP contribution in [-0.2, 0) is 4.74 Å². The van der Waals surface area contributed by atoms with E-state index in [-0.39, 0.29) is 22.6 Å². The van der Waals surface area contributed by atoms with E-state index in [0.717, 1.165) is 15.3 Å². The lowest BCUT2D eigenvalue weighted by molar-refractivity contribution is 0.0531. The van der Waals surface area contributed by atoms with Gasteiger partial charge < -0.3 is 9.64 Å². The van der Waals surface area contributed by atoms with Crippen molar-refractivity contribution < 1.29 is 9.53 Å². The summed E-state index contributed by atoms with van der Waals surface area (Å²) in [5.74, 6) is 0.437. The summed E-state index contributed by atoms with van der Waals surface area (Å²) >= 11 is 3.44. The van der Waals surface area contributed by atoms with Gasteiger partial charge in [-0.2, -0.15) is 9.78 Å². The molecule has 1 fully saturated rings. The third kappa shape index (κ3) is 3.66. The van der Waals surface area contributed by atoms with Gasteiger partial charge in [-0.3, -0.25) is 9.36 Å². The summed E-state index contributed by atoms with van der Waals surface area (Å²) in [6.45, 7) is 1.88. The van der Waals surface area contributed by atoms with Crippen LogP contribution in [0.3, 0.4) is 0 Å². The van der Waals surface area contributed by atoms with Crippen LogP contribution in [0.25, 0.3) is 28.1 Å². The molecule has 1 saturated heterocycles. The zero-order valence-corrected chi connectivity index (χ0v) is 19.7. The molecule has 0 aliphatic carbocycles. The number of morpholine rings is 1. The minimum Gasteiger partial charge on any atom is -0.378 e. The molecule has 1 aliphatic rings. The second-order valence-electron chi connectivity index (χ2n) is 7.32. The van der Waals surface area contributed by atoms with Gasteiger partial charge in [0.05, 0.1) is 25.1 Å². The van der Waals surface area contributed by atoms with Crippen molar-refractivity contribution in [2.24, 2.45) is 0 Å². The number of hydrogen-bond acceptors (Lipinski definition) is 5. The number of carbonyl (C=O) groups is 1. The Kier molecular flexibility index (Phi) is 5.63. The van der Waals surface area contributed by atoms with Crippen molar-refractivity contribution in [1.82, 2.24) is 24.2 Å². The molecule has 0 N–H and O–H groups in total. The van der Waals surface area contributed by atoms with E-state index in [4.69, 9.17) is 9.72 Å². The molecule has 0 radical (unpaired) electrons. The molecule has 3 heterocycles. The first-order valence-electron chi connectivity index (χ1n) is 10.0. The molecule has 1 aliphatic heterocycles. The highest BCUT2D eigenvalue weighted by Gasteiger charge is 2.25. The molecule has 0 saturated carbocycles. The fourth-order valence-corrected chi connectivity index (χ4v) is 4.31. The Bertz CT molecular complexity index is 1380. The normalized spacial score (nSPS) is 14.1. The van der Waals surface area contributed by atoms with E-state index in [1.165, 1.54) is 10.9 Å². The van der Waals surface area contributed by atoms with E-state index >= 15 is 0 Å². The molecule has 1 amide bonds. The topological polar surface area (TPSA) is 82.3 Å². The van der Waals surface area contributed by atoms with Crippen LogP contribution in [0, 0.1) is 0 Å². The molecule has 2 aromatic heterocycles. The Morgan fingerprint density at radius 1 is 1.06 bits per heavy atom. The van der Waals surface area contributed by atoms with Gasteiger partial charge in [-0.25, -0.2) is 9.78 Å². The van der Waals surface area contributed by atoms with Crippen molar-refractivity contribution in [3.8, 4) is 17.1 Å². The van der Waals surface area contributed by atoms with Crippen molar-refractivity contribution in [3.63, 3.8) is 0 Å². The molecule has 32 heavy (non-hydrogen) atoms. The predicted molar refractivity (Wildman–Crippen MR) is 129 cm³/mol. The van der Waals surface area contributed by atoms with Crippen LogP contribution in [0.15, 0.2) is 64.0 Å². The van der Waals surface area contributed by atoms with Gasteiger partial charge >= 0.3 is 6.03 Å². The maximum Gasteiger partial charge on any atom is 0.346 e. The van der Waals surface area contributed by atoms with Gasteiger partial charge in [0.1, 0.15) is 5.39 Å². The fraction of sp³-hybridized carbons (Fsp3) is 0.182. The van der Waals surface area contributed by atoms with Crippen LogP contribution in [0.4, 0.5) is 4.79 Å². The number of aromatic nitrogens is 4. The van der Waals surface area contributed by atoms with Crippen LogP contribution in [0.1, 0.15) is 0 Å². The zero-order valence-electron chi connectivity index (χ0n) is 16.9. The minimum absolute atomic E-state index is 0.239. The van der Waals surface area contributed by atoms with Gasteiger partial charge in [0.25, 0.3) is 5.56 Å². The van der Waals surface area contributed by atoms with Gasteiger partial charge in [-0.1, -0.05) is 40.2 Å². The SMILES string of the molecule is O=C(N1CCOCC1)n1ncc2c(=O)n(-c3ccc(Br)cc3)c(-c3ccccc3P)nc21. The molecule has 8 nitrogen and oxygen atoms in total.